The summed E-state index contributed by atoms with van der Waals surface area (Å²) >= 11 is 3.47. The lowest BCUT2D eigenvalue weighted by atomic mass is 9.85. The fourth-order valence-electron chi connectivity index (χ4n) is 1.79. The molecule has 5 heteroatoms. The van der Waals surface area contributed by atoms with E-state index in [2.05, 4.69) is 15.9 Å². The number of benzene rings is 1. The molecule has 0 aliphatic rings. The zero-order valence-electron chi connectivity index (χ0n) is 12.5. The van der Waals surface area contributed by atoms with Crippen LogP contribution in [0.2, 0.25) is 0 Å². The number of methoxy groups -OCH3 is 1. The molecule has 112 valence electrons. The molecule has 0 aliphatic heterocycles. The first-order valence-electron chi connectivity index (χ1n) is 6.44. The quantitative estimate of drug-likeness (QED) is 0.850. The first-order chi connectivity index (χ1) is 9.19. The Kier molecular flexibility index (Phi) is 5.45. The number of halogens is 1. The third-order valence-electron chi connectivity index (χ3n) is 2.94. The van der Waals surface area contributed by atoms with Crippen molar-refractivity contribution >= 4 is 21.9 Å². The Morgan fingerprint density at radius 1 is 1.40 bits per heavy atom. The van der Waals surface area contributed by atoms with E-state index in [0.717, 1.165) is 10.0 Å². The van der Waals surface area contributed by atoms with Gasteiger partial charge in [-0.05, 0) is 46.2 Å². The second-order valence-corrected chi connectivity index (χ2v) is 6.44. The topological polar surface area (TPSA) is 55.8 Å². The van der Waals surface area contributed by atoms with Crippen molar-refractivity contribution < 1.29 is 19.4 Å². The summed E-state index contributed by atoms with van der Waals surface area (Å²) in [6.45, 7) is 7.24. The number of carboxylic acid groups (broad SMARTS) is 1. The van der Waals surface area contributed by atoms with E-state index >= 15 is 0 Å². The van der Waals surface area contributed by atoms with Crippen molar-refractivity contribution in [3.63, 3.8) is 0 Å². The van der Waals surface area contributed by atoms with Crippen LogP contribution in [-0.2, 0) is 11.2 Å². The molecular weight excluding hydrogens is 324 g/mol. The minimum Gasteiger partial charge on any atom is -0.493 e. The van der Waals surface area contributed by atoms with Gasteiger partial charge in [-0.3, -0.25) is 4.79 Å². The van der Waals surface area contributed by atoms with Gasteiger partial charge < -0.3 is 14.6 Å². The van der Waals surface area contributed by atoms with Crippen LogP contribution in [0.5, 0.6) is 11.5 Å². The highest BCUT2D eigenvalue weighted by atomic mass is 79.9. The lowest BCUT2D eigenvalue weighted by Crippen LogP contribution is -2.27. The maximum atomic E-state index is 11.3. The van der Waals surface area contributed by atoms with Crippen LogP contribution < -0.4 is 9.47 Å². The third-order valence-corrected chi connectivity index (χ3v) is 3.68. The summed E-state index contributed by atoms with van der Waals surface area (Å²) in [6, 6.07) is 3.65. The molecule has 0 fully saturated rings. The molecule has 0 aliphatic carbocycles. The highest BCUT2D eigenvalue weighted by molar-refractivity contribution is 9.10. The molecule has 0 spiro atoms. The summed E-state index contributed by atoms with van der Waals surface area (Å²) in [5, 5.41) is 9.31. The molecule has 1 aromatic rings. The van der Waals surface area contributed by atoms with Gasteiger partial charge in [-0.1, -0.05) is 15.9 Å². The highest BCUT2D eigenvalue weighted by Crippen LogP contribution is 2.40. The first-order valence-corrected chi connectivity index (χ1v) is 7.23. The second-order valence-electron chi connectivity index (χ2n) is 5.59. The minimum absolute atomic E-state index is 0.0232. The fraction of sp³-hybridized carbons (Fsp3) is 0.533. The Morgan fingerprint density at radius 3 is 2.45 bits per heavy atom. The van der Waals surface area contributed by atoms with Crippen LogP contribution in [0, 0.1) is 5.41 Å². The van der Waals surface area contributed by atoms with Gasteiger partial charge in [0.25, 0.3) is 0 Å². The summed E-state index contributed by atoms with van der Waals surface area (Å²) in [6.07, 6.45) is 0.326. The lowest BCUT2D eigenvalue weighted by Gasteiger charge is -2.24. The maximum Gasteiger partial charge on any atom is 0.309 e. The average molecular weight is 345 g/mol. The Morgan fingerprint density at radius 2 is 2.00 bits per heavy atom. The van der Waals surface area contributed by atoms with Crippen molar-refractivity contribution in [3.8, 4) is 11.5 Å². The van der Waals surface area contributed by atoms with Gasteiger partial charge in [-0.2, -0.15) is 0 Å². The van der Waals surface area contributed by atoms with Crippen LogP contribution in [-0.4, -0.2) is 24.3 Å². The standard InChI is InChI=1S/C15H21BrO4/c1-9(2)20-13-10(8-15(3,4)14(17)18)11(16)6-7-12(13)19-5/h6-7,9H,8H2,1-5H3,(H,17,18). The van der Waals surface area contributed by atoms with Crippen molar-refractivity contribution in [2.45, 2.75) is 40.2 Å². The van der Waals surface area contributed by atoms with Gasteiger partial charge in [-0.15, -0.1) is 0 Å². The van der Waals surface area contributed by atoms with Crippen molar-refractivity contribution in [3.05, 3.63) is 22.2 Å². The van der Waals surface area contributed by atoms with Crippen LogP contribution in [0.3, 0.4) is 0 Å². The van der Waals surface area contributed by atoms with Crippen LogP contribution in [0.15, 0.2) is 16.6 Å². The number of hydrogen-bond acceptors (Lipinski definition) is 3. The van der Waals surface area contributed by atoms with Crippen molar-refractivity contribution in [1.82, 2.24) is 0 Å². The summed E-state index contributed by atoms with van der Waals surface area (Å²) in [5.74, 6) is 0.368. The van der Waals surface area contributed by atoms with Crippen LogP contribution in [0.25, 0.3) is 0 Å². The smallest absolute Gasteiger partial charge is 0.309 e. The van der Waals surface area contributed by atoms with Gasteiger partial charge in [0.2, 0.25) is 0 Å². The Bertz CT molecular complexity index is 495. The van der Waals surface area contributed by atoms with E-state index in [4.69, 9.17) is 9.47 Å². The zero-order chi connectivity index (χ0) is 15.5. The van der Waals surface area contributed by atoms with Gasteiger partial charge in [0.15, 0.2) is 11.5 Å². The summed E-state index contributed by atoms with van der Waals surface area (Å²) < 4.78 is 12.0. The number of carboxylic acids is 1. The molecule has 0 saturated carbocycles. The lowest BCUT2D eigenvalue weighted by molar-refractivity contribution is -0.146. The zero-order valence-corrected chi connectivity index (χ0v) is 14.1. The number of rotatable bonds is 6. The van der Waals surface area contributed by atoms with Crippen molar-refractivity contribution in [2.24, 2.45) is 5.41 Å². The summed E-state index contributed by atoms with van der Waals surface area (Å²) in [5.41, 5.74) is -0.0743. The predicted octanol–water partition coefficient (Wildman–Crippen LogP) is 3.90. The molecule has 0 radical (unpaired) electrons. The minimum atomic E-state index is -0.885. The largest absolute Gasteiger partial charge is 0.493 e. The fourth-order valence-corrected chi connectivity index (χ4v) is 2.24. The highest BCUT2D eigenvalue weighted by Gasteiger charge is 2.31. The number of aliphatic carboxylic acids is 1. The molecule has 1 aromatic carbocycles. The van der Waals surface area contributed by atoms with Crippen LogP contribution in [0.1, 0.15) is 33.3 Å². The SMILES string of the molecule is COc1ccc(Br)c(CC(C)(C)C(=O)O)c1OC(C)C. The summed E-state index contributed by atoms with van der Waals surface area (Å²) in [7, 11) is 1.57. The van der Waals surface area contributed by atoms with Gasteiger partial charge in [-0.25, -0.2) is 0 Å². The van der Waals surface area contributed by atoms with E-state index < -0.39 is 11.4 Å². The molecule has 0 unspecified atom stereocenters. The molecule has 0 atom stereocenters. The monoisotopic (exact) mass is 344 g/mol. The molecule has 0 saturated heterocycles. The maximum absolute atomic E-state index is 11.3. The van der Waals surface area contributed by atoms with Crippen molar-refractivity contribution in [1.29, 1.82) is 0 Å². The third kappa shape index (κ3) is 3.88. The number of carbonyl (C=O) groups is 1. The number of ether oxygens (including phenoxy) is 2. The van der Waals surface area contributed by atoms with Gasteiger partial charge in [0.05, 0.1) is 18.6 Å². The van der Waals surface area contributed by atoms with E-state index in [9.17, 15) is 9.90 Å². The predicted molar refractivity (Wildman–Crippen MR) is 81.6 cm³/mol. The van der Waals surface area contributed by atoms with Gasteiger partial charge >= 0.3 is 5.97 Å². The summed E-state index contributed by atoms with van der Waals surface area (Å²) in [4.78, 5) is 11.3. The molecule has 20 heavy (non-hydrogen) atoms. The second kappa shape index (κ2) is 6.48. The Hall–Kier alpha value is -1.23. The van der Waals surface area contributed by atoms with Gasteiger partial charge in [0.1, 0.15) is 0 Å². The van der Waals surface area contributed by atoms with E-state index in [1.165, 1.54) is 0 Å². The van der Waals surface area contributed by atoms with E-state index in [1.54, 1.807) is 27.0 Å². The molecule has 0 aromatic heterocycles. The van der Waals surface area contributed by atoms with E-state index in [-0.39, 0.29) is 6.10 Å². The average Bonchev–Trinajstić information content (AvgIpc) is 2.33. The Labute approximate surface area is 128 Å². The van der Waals surface area contributed by atoms with Crippen molar-refractivity contribution in [2.75, 3.05) is 7.11 Å². The van der Waals surface area contributed by atoms with Crippen LogP contribution in [0.4, 0.5) is 0 Å². The molecule has 0 bridgehead atoms. The molecule has 4 nitrogen and oxygen atoms in total. The van der Waals surface area contributed by atoms with Crippen LogP contribution >= 0.6 is 15.9 Å². The molecule has 0 heterocycles. The number of hydrogen-bond donors (Lipinski definition) is 1. The van der Waals surface area contributed by atoms with E-state index in [1.807, 2.05) is 19.9 Å². The molecule has 1 N–H and O–H groups in total. The Balaban J connectivity index is 3.32. The van der Waals surface area contributed by atoms with Gasteiger partial charge in [0, 0.05) is 10.0 Å². The normalized spacial score (nSPS) is 11.6. The molecule has 1 rings (SSSR count). The first kappa shape index (κ1) is 16.8. The molecular formula is C15H21BrO4. The van der Waals surface area contributed by atoms with E-state index in [0.29, 0.717) is 17.9 Å². The molecule has 0 amide bonds.